The van der Waals surface area contributed by atoms with Crippen molar-refractivity contribution in [2.24, 2.45) is 0 Å². The number of benzene rings is 1. The maximum absolute atomic E-state index is 12.3. The van der Waals surface area contributed by atoms with E-state index in [0.717, 1.165) is 16.7 Å². The first-order chi connectivity index (χ1) is 12.5. The smallest absolute Gasteiger partial charge is 0.258 e. The summed E-state index contributed by atoms with van der Waals surface area (Å²) in [4.78, 5) is 19.0. The maximum Gasteiger partial charge on any atom is 0.258 e. The van der Waals surface area contributed by atoms with Crippen LogP contribution in [0.4, 0.5) is 0 Å². The average Bonchev–Trinajstić information content (AvgIpc) is 3.06. The fourth-order valence-electron chi connectivity index (χ4n) is 3.03. The molecule has 0 aliphatic heterocycles. The van der Waals surface area contributed by atoms with Crippen LogP contribution < -0.4 is 5.56 Å². The molecule has 0 radical (unpaired) electrons. The van der Waals surface area contributed by atoms with E-state index in [1.54, 1.807) is 24.4 Å². The Bertz CT molecular complexity index is 1120. The van der Waals surface area contributed by atoms with Crippen molar-refractivity contribution in [2.45, 2.75) is 19.5 Å². The summed E-state index contributed by atoms with van der Waals surface area (Å²) in [6.07, 6.45) is 1.58. The van der Waals surface area contributed by atoms with E-state index in [2.05, 4.69) is 22.9 Å². The van der Waals surface area contributed by atoms with Crippen LogP contribution in [0, 0.1) is 0 Å². The number of pyridine rings is 1. The minimum Gasteiger partial charge on any atom is -0.459 e. The van der Waals surface area contributed by atoms with Crippen molar-refractivity contribution >= 4 is 28.2 Å². The van der Waals surface area contributed by atoms with Gasteiger partial charge in [0.05, 0.1) is 16.8 Å². The third-order valence-corrected chi connectivity index (χ3v) is 4.83. The SMILES string of the molecule is CC(c1cc2ccccc2o1)N(C)Cc1cc(=O)n2cc(Cl)ccc2n1. The molecule has 4 aromatic rings. The first-order valence-electron chi connectivity index (χ1n) is 8.38. The predicted molar refractivity (Wildman–Crippen MR) is 103 cm³/mol. The van der Waals surface area contributed by atoms with Crippen LogP contribution in [0.5, 0.6) is 0 Å². The van der Waals surface area contributed by atoms with Crippen LogP contribution in [0.3, 0.4) is 0 Å². The minimum absolute atomic E-state index is 0.0490. The van der Waals surface area contributed by atoms with E-state index < -0.39 is 0 Å². The van der Waals surface area contributed by atoms with Crippen LogP contribution in [0.2, 0.25) is 5.02 Å². The molecule has 0 amide bonds. The van der Waals surface area contributed by atoms with Crippen molar-refractivity contribution in [3.05, 3.63) is 81.6 Å². The number of para-hydroxylation sites is 1. The number of fused-ring (bicyclic) bond motifs is 2. The summed E-state index contributed by atoms with van der Waals surface area (Å²) in [5, 5.41) is 1.59. The van der Waals surface area contributed by atoms with Crippen molar-refractivity contribution in [3.8, 4) is 0 Å². The summed E-state index contributed by atoms with van der Waals surface area (Å²) in [7, 11) is 1.99. The highest BCUT2D eigenvalue weighted by atomic mass is 35.5. The molecule has 0 spiro atoms. The Hall–Kier alpha value is -2.63. The lowest BCUT2D eigenvalue weighted by Crippen LogP contribution is -2.24. The van der Waals surface area contributed by atoms with Gasteiger partial charge in [-0.1, -0.05) is 29.8 Å². The first kappa shape index (κ1) is 16.8. The highest BCUT2D eigenvalue weighted by Crippen LogP contribution is 2.27. The van der Waals surface area contributed by atoms with Crippen LogP contribution in [0.1, 0.15) is 24.4 Å². The molecule has 0 bridgehead atoms. The molecule has 4 rings (SSSR count). The summed E-state index contributed by atoms with van der Waals surface area (Å²) in [6, 6.07) is 15.1. The number of hydrogen-bond acceptors (Lipinski definition) is 4. The average molecular weight is 368 g/mol. The van der Waals surface area contributed by atoms with Crippen molar-refractivity contribution in [3.63, 3.8) is 0 Å². The third kappa shape index (κ3) is 3.11. The molecule has 5 nitrogen and oxygen atoms in total. The number of aromatic nitrogens is 2. The summed E-state index contributed by atoms with van der Waals surface area (Å²) in [5.74, 6) is 0.887. The van der Waals surface area contributed by atoms with Crippen molar-refractivity contribution in [1.29, 1.82) is 0 Å². The molecule has 0 saturated heterocycles. The quantitative estimate of drug-likeness (QED) is 0.540. The van der Waals surface area contributed by atoms with Crippen molar-refractivity contribution < 1.29 is 4.42 Å². The second-order valence-electron chi connectivity index (χ2n) is 6.44. The lowest BCUT2D eigenvalue weighted by Gasteiger charge is -2.22. The molecule has 3 heterocycles. The Morgan fingerprint density at radius 3 is 2.85 bits per heavy atom. The Balaban J connectivity index is 1.60. The van der Waals surface area contributed by atoms with E-state index in [1.165, 1.54) is 4.40 Å². The summed E-state index contributed by atoms with van der Waals surface area (Å²) >= 11 is 5.95. The topological polar surface area (TPSA) is 50.8 Å². The zero-order valence-electron chi connectivity index (χ0n) is 14.5. The highest BCUT2D eigenvalue weighted by molar-refractivity contribution is 6.30. The molecule has 0 aliphatic carbocycles. The summed E-state index contributed by atoms with van der Waals surface area (Å²) in [6.45, 7) is 2.61. The van der Waals surface area contributed by atoms with Crippen LogP contribution in [-0.2, 0) is 6.54 Å². The standard InChI is InChI=1S/C20H18ClN3O2/c1-13(18-9-14-5-3-4-6-17(14)26-18)23(2)12-16-10-20(25)24-11-15(21)7-8-19(24)22-16/h3-11,13H,12H2,1-2H3. The molecular weight excluding hydrogens is 350 g/mol. The molecule has 1 aromatic carbocycles. The molecular formula is C20H18ClN3O2. The van der Waals surface area contributed by atoms with E-state index in [0.29, 0.717) is 22.9 Å². The van der Waals surface area contributed by atoms with Crippen LogP contribution >= 0.6 is 11.6 Å². The zero-order valence-corrected chi connectivity index (χ0v) is 15.3. The van der Waals surface area contributed by atoms with Crippen molar-refractivity contribution in [1.82, 2.24) is 14.3 Å². The van der Waals surface area contributed by atoms with Gasteiger partial charge in [0.2, 0.25) is 0 Å². The molecule has 0 N–H and O–H groups in total. The molecule has 0 saturated carbocycles. The van der Waals surface area contributed by atoms with E-state index in [-0.39, 0.29) is 11.6 Å². The molecule has 6 heteroatoms. The fourth-order valence-corrected chi connectivity index (χ4v) is 3.19. The number of hydrogen-bond donors (Lipinski definition) is 0. The van der Waals surface area contributed by atoms with Gasteiger partial charge in [-0.2, -0.15) is 0 Å². The molecule has 1 atom stereocenters. The maximum atomic E-state index is 12.3. The van der Waals surface area contributed by atoms with Gasteiger partial charge in [0.1, 0.15) is 17.0 Å². The Morgan fingerprint density at radius 2 is 2.04 bits per heavy atom. The van der Waals surface area contributed by atoms with Gasteiger partial charge in [0, 0.05) is 24.2 Å². The van der Waals surface area contributed by atoms with Gasteiger partial charge >= 0.3 is 0 Å². The largest absolute Gasteiger partial charge is 0.459 e. The first-order valence-corrected chi connectivity index (χ1v) is 8.75. The summed E-state index contributed by atoms with van der Waals surface area (Å²) < 4.78 is 7.41. The highest BCUT2D eigenvalue weighted by Gasteiger charge is 2.17. The van der Waals surface area contributed by atoms with E-state index >= 15 is 0 Å². The van der Waals surface area contributed by atoms with Gasteiger partial charge in [0.25, 0.3) is 5.56 Å². The fraction of sp³-hybridized carbons (Fsp3) is 0.200. The molecule has 0 fully saturated rings. The number of halogens is 1. The van der Waals surface area contributed by atoms with Crippen LogP contribution in [-0.4, -0.2) is 21.3 Å². The predicted octanol–water partition coefficient (Wildman–Crippen LogP) is 4.29. The number of rotatable bonds is 4. The number of furan rings is 1. The zero-order chi connectivity index (χ0) is 18.3. The van der Waals surface area contributed by atoms with E-state index in [4.69, 9.17) is 16.0 Å². The Labute approximate surface area is 155 Å². The minimum atomic E-state index is -0.141. The monoisotopic (exact) mass is 367 g/mol. The second-order valence-corrected chi connectivity index (χ2v) is 6.88. The van der Waals surface area contributed by atoms with Gasteiger partial charge in [-0.3, -0.25) is 14.1 Å². The van der Waals surface area contributed by atoms with E-state index in [9.17, 15) is 4.79 Å². The lowest BCUT2D eigenvalue weighted by atomic mass is 10.2. The molecule has 132 valence electrons. The summed E-state index contributed by atoms with van der Waals surface area (Å²) in [5.41, 5.74) is 2.03. The van der Waals surface area contributed by atoms with Gasteiger partial charge in [-0.25, -0.2) is 4.98 Å². The van der Waals surface area contributed by atoms with Gasteiger partial charge in [0.15, 0.2) is 0 Å². The molecule has 26 heavy (non-hydrogen) atoms. The van der Waals surface area contributed by atoms with Gasteiger partial charge < -0.3 is 4.42 Å². The molecule has 0 aliphatic rings. The normalized spacial score (nSPS) is 12.9. The van der Waals surface area contributed by atoms with Gasteiger partial charge in [-0.15, -0.1) is 0 Å². The van der Waals surface area contributed by atoms with Crippen molar-refractivity contribution in [2.75, 3.05) is 7.05 Å². The Kier molecular flexibility index (Phi) is 4.26. The molecule has 1 unspecified atom stereocenters. The lowest BCUT2D eigenvalue weighted by molar-refractivity contribution is 0.224. The van der Waals surface area contributed by atoms with Gasteiger partial charge in [-0.05, 0) is 38.2 Å². The number of nitrogens with zero attached hydrogens (tertiary/aromatic N) is 3. The third-order valence-electron chi connectivity index (χ3n) is 4.61. The molecule has 3 aromatic heterocycles. The van der Waals surface area contributed by atoms with Crippen LogP contribution in [0.25, 0.3) is 16.6 Å². The Morgan fingerprint density at radius 1 is 1.23 bits per heavy atom. The second kappa shape index (κ2) is 6.59. The van der Waals surface area contributed by atoms with Crippen LogP contribution in [0.15, 0.2) is 63.9 Å². The van der Waals surface area contributed by atoms with E-state index in [1.807, 2.05) is 31.3 Å².